The molecule has 3 aromatic carbocycles. The van der Waals surface area contributed by atoms with Gasteiger partial charge in [0, 0.05) is 23.6 Å². The lowest BCUT2D eigenvalue weighted by Gasteiger charge is -2.18. The van der Waals surface area contributed by atoms with Crippen molar-refractivity contribution in [1.82, 2.24) is 0 Å². The molecule has 30 heavy (non-hydrogen) atoms. The summed E-state index contributed by atoms with van der Waals surface area (Å²) in [7, 11) is 0. The summed E-state index contributed by atoms with van der Waals surface area (Å²) < 4.78 is 0. The van der Waals surface area contributed by atoms with Crippen LogP contribution in [-0.4, -0.2) is 6.21 Å². The second kappa shape index (κ2) is 9.19. The molecule has 0 saturated carbocycles. The molecule has 4 nitrogen and oxygen atoms in total. The third-order valence-electron chi connectivity index (χ3n) is 4.82. The van der Waals surface area contributed by atoms with E-state index in [1.54, 1.807) is 18.4 Å². The number of hydrogen-bond acceptors (Lipinski definition) is 4. The lowest BCUT2D eigenvalue weighted by Crippen LogP contribution is -1.97. The first-order valence-electron chi connectivity index (χ1n) is 9.37. The number of benzene rings is 3. The van der Waals surface area contributed by atoms with E-state index in [-0.39, 0.29) is 5.57 Å². The highest BCUT2D eigenvalue weighted by molar-refractivity contribution is 6.24. The van der Waals surface area contributed by atoms with Gasteiger partial charge in [-0.2, -0.15) is 10.5 Å². The molecule has 0 atom stereocenters. The minimum Gasteiger partial charge on any atom is -0.404 e. The summed E-state index contributed by atoms with van der Waals surface area (Å²) >= 11 is 0. The Labute approximate surface area is 175 Å². The van der Waals surface area contributed by atoms with Crippen LogP contribution in [0.5, 0.6) is 0 Å². The van der Waals surface area contributed by atoms with Crippen LogP contribution in [0.15, 0.2) is 85.1 Å². The number of nitrogens with one attached hydrogen (secondary N) is 1. The third-order valence-corrected chi connectivity index (χ3v) is 4.82. The number of fused-ring (bicyclic) bond motifs is 2. The summed E-state index contributed by atoms with van der Waals surface area (Å²) in [6.07, 6.45) is 8.38. The highest BCUT2D eigenvalue weighted by Crippen LogP contribution is 2.39. The standard InChI is InChI=1S/C26H20N4/c1-18(15-28)14-20(17-30)26-23-11-4-2-9-21(23)25(19(16-29)8-6-7-13-27)22-10-3-5-12-24(22)26/h2-6,8-12,14,16-17,30H,1,7,29H2/b8-6-,19-16+,20-14+,30-17?. The molecule has 0 spiro atoms. The Hall–Kier alpha value is -4.41. The van der Waals surface area contributed by atoms with E-state index in [1.807, 2.05) is 60.7 Å². The van der Waals surface area contributed by atoms with Gasteiger partial charge in [-0.05, 0) is 44.3 Å². The minimum atomic E-state index is 0.285. The molecule has 0 aliphatic rings. The molecular formula is C26H20N4. The van der Waals surface area contributed by atoms with Gasteiger partial charge >= 0.3 is 0 Å². The van der Waals surface area contributed by atoms with Crippen LogP contribution < -0.4 is 5.73 Å². The van der Waals surface area contributed by atoms with Gasteiger partial charge in [0.1, 0.15) is 0 Å². The van der Waals surface area contributed by atoms with Crippen LogP contribution in [0.1, 0.15) is 17.5 Å². The van der Waals surface area contributed by atoms with Crippen molar-refractivity contribution >= 4 is 38.9 Å². The lowest BCUT2D eigenvalue weighted by atomic mass is 9.85. The largest absolute Gasteiger partial charge is 0.404 e. The fourth-order valence-electron chi connectivity index (χ4n) is 3.62. The Kier molecular flexibility index (Phi) is 6.23. The molecule has 0 unspecified atom stereocenters. The van der Waals surface area contributed by atoms with Crippen molar-refractivity contribution in [3.8, 4) is 12.1 Å². The minimum absolute atomic E-state index is 0.285. The van der Waals surface area contributed by atoms with Crippen molar-refractivity contribution in [1.29, 1.82) is 15.9 Å². The topological polar surface area (TPSA) is 97.5 Å². The summed E-state index contributed by atoms with van der Waals surface area (Å²) in [4.78, 5) is 0. The van der Waals surface area contributed by atoms with Gasteiger partial charge in [-0.3, -0.25) is 0 Å². The smallest absolute Gasteiger partial charge is 0.0985 e. The van der Waals surface area contributed by atoms with Crippen LogP contribution in [0.25, 0.3) is 32.7 Å². The van der Waals surface area contributed by atoms with Crippen molar-refractivity contribution in [2.24, 2.45) is 5.73 Å². The highest BCUT2D eigenvalue weighted by atomic mass is 14.5. The fourth-order valence-corrected chi connectivity index (χ4v) is 3.62. The van der Waals surface area contributed by atoms with Gasteiger partial charge in [-0.15, -0.1) is 0 Å². The summed E-state index contributed by atoms with van der Waals surface area (Å²) in [6, 6.07) is 20.0. The highest BCUT2D eigenvalue weighted by Gasteiger charge is 2.17. The molecule has 0 radical (unpaired) electrons. The summed E-state index contributed by atoms with van der Waals surface area (Å²) in [5, 5.41) is 29.9. The molecule has 0 bridgehead atoms. The van der Waals surface area contributed by atoms with Crippen LogP contribution in [-0.2, 0) is 0 Å². The zero-order valence-electron chi connectivity index (χ0n) is 16.4. The van der Waals surface area contributed by atoms with E-state index < -0.39 is 0 Å². The normalized spacial score (nSPS) is 12.1. The molecule has 0 heterocycles. The zero-order chi connectivity index (χ0) is 21.5. The van der Waals surface area contributed by atoms with E-state index in [2.05, 4.69) is 12.6 Å². The second-order valence-corrected chi connectivity index (χ2v) is 6.61. The number of allylic oxidation sites excluding steroid dienone is 6. The molecule has 3 rings (SSSR count). The molecule has 3 aromatic rings. The number of hydrogen-bond donors (Lipinski definition) is 2. The molecule has 0 aromatic heterocycles. The Morgan fingerprint density at radius 1 is 0.933 bits per heavy atom. The average Bonchev–Trinajstić information content (AvgIpc) is 2.79. The van der Waals surface area contributed by atoms with Gasteiger partial charge in [-0.1, -0.05) is 67.3 Å². The first-order valence-corrected chi connectivity index (χ1v) is 9.37. The van der Waals surface area contributed by atoms with Gasteiger partial charge in [0.15, 0.2) is 0 Å². The Morgan fingerprint density at radius 3 is 1.83 bits per heavy atom. The second-order valence-electron chi connectivity index (χ2n) is 6.61. The Balaban J connectivity index is 2.50. The van der Waals surface area contributed by atoms with Crippen molar-refractivity contribution in [3.63, 3.8) is 0 Å². The molecule has 0 aliphatic carbocycles. The van der Waals surface area contributed by atoms with Crippen molar-refractivity contribution in [3.05, 3.63) is 96.2 Å². The predicted octanol–water partition coefficient (Wildman–Crippen LogP) is 5.88. The van der Waals surface area contributed by atoms with Crippen LogP contribution in [0.2, 0.25) is 0 Å². The molecule has 0 aliphatic heterocycles. The van der Waals surface area contributed by atoms with Gasteiger partial charge in [0.05, 0.1) is 18.6 Å². The summed E-state index contributed by atoms with van der Waals surface area (Å²) in [5.74, 6) is 0. The number of nitriles is 2. The SMILES string of the molecule is C=C(C#N)/C=C(\C=N)c1c2ccccc2c(C(/C=C\CC#N)=C/N)c2ccccc12. The third kappa shape index (κ3) is 3.76. The predicted molar refractivity (Wildman–Crippen MR) is 125 cm³/mol. The van der Waals surface area contributed by atoms with E-state index in [9.17, 15) is 5.26 Å². The maximum absolute atomic E-state index is 9.18. The first-order chi connectivity index (χ1) is 14.7. The van der Waals surface area contributed by atoms with Gasteiger partial charge in [0.2, 0.25) is 0 Å². The Morgan fingerprint density at radius 2 is 1.43 bits per heavy atom. The van der Waals surface area contributed by atoms with E-state index >= 15 is 0 Å². The molecular weight excluding hydrogens is 368 g/mol. The summed E-state index contributed by atoms with van der Waals surface area (Å²) in [6.45, 7) is 3.75. The van der Waals surface area contributed by atoms with Crippen molar-refractivity contribution in [2.45, 2.75) is 6.42 Å². The van der Waals surface area contributed by atoms with E-state index in [1.165, 1.54) is 6.21 Å². The zero-order valence-corrected chi connectivity index (χ0v) is 16.4. The molecule has 144 valence electrons. The molecule has 4 heteroatoms. The fraction of sp³-hybridized carbons (Fsp3) is 0.0385. The summed E-state index contributed by atoms with van der Waals surface area (Å²) in [5.41, 5.74) is 9.52. The van der Waals surface area contributed by atoms with Crippen LogP contribution >= 0.6 is 0 Å². The van der Waals surface area contributed by atoms with Crippen molar-refractivity contribution < 1.29 is 0 Å². The van der Waals surface area contributed by atoms with Crippen molar-refractivity contribution in [2.75, 3.05) is 0 Å². The number of nitrogens with zero attached hydrogens (tertiary/aromatic N) is 2. The van der Waals surface area contributed by atoms with Gasteiger partial charge < -0.3 is 11.1 Å². The van der Waals surface area contributed by atoms with E-state index in [0.717, 1.165) is 38.2 Å². The lowest BCUT2D eigenvalue weighted by molar-refractivity contribution is 1.35. The molecule has 0 fully saturated rings. The maximum atomic E-state index is 9.18. The van der Waals surface area contributed by atoms with Gasteiger partial charge in [0.25, 0.3) is 0 Å². The van der Waals surface area contributed by atoms with Crippen LogP contribution in [0.3, 0.4) is 0 Å². The van der Waals surface area contributed by atoms with Crippen LogP contribution in [0.4, 0.5) is 0 Å². The maximum Gasteiger partial charge on any atom is 0.0985 e. The number of nitrogens with two attached hydrogens (primary N) is 1. The van der Waals surface area contributed by atoms with Gasteiger partial charge in [-0.25, -0.2) is 0 Å². The van der Waals surface area contributed by atoms with E-state index in [0.29, 0.717) is 12.0 Å². The molecule has 3 N–H and O–H groups in total. The molecule has 0 amide bonds. The Bertz CT molecular complexity index is 1270. The van der Waals surface area contributed by atoms with E-state index in [4.69, 9.17) is 16.4 Å². The number of rotatable bonds is 6. The molecule has 0 saturated heterocycles. The van der Waals surface area contributed by atoms with Crippen LogP contribution in [0, 0.1) is 28.1 Å². The average molecular weight is 388 g/mol. The monoisotopic (exact) mass is 388 g/mol. The first kappa shape index (κ1) is 20.3. The quantitative estimate of drug-likeness (QED) is 0.239.